The molecule has 0 spiro atoms. The van der Waals surface area contributed by atoms with E-state index in [4.69, 9.17) is 4.74 Å². The number of aryl methyl sites for hydroxylation is 1. The Hall–Kier alpha value is -2.41. The first kappa shape index (κ1) is 22.4. The van der Waals surface area contributed by atoms with Gasteiger partial charge in [-0.2, -0.15) is 11.8 Å². The van der Waals surface area contributed by atoms with Crippen molar-refractivity contribution in [3.8, 4) is 0 Å². The number of esters is 1. The van der Waals surface area contributed by atoms with E-state index in [1.54, 1.807) is 23.9 Å². The highest BCUT2D eigenvalue weighted by Crippen LogP contribution is 2.65. The van der Waals surface area contributed by atoms with Gasteiger partial charge in [0.25, 0.3) is 0 Å². The minimum atomic E-state index is -1.00. The van der Waals surface area contributed by atoms with Gasteiger partial charge >= 0.3 is 5.97 Å². The summed E-state index contributed by atoms with van der Waals surface area (Å²) in [6.07, 6.45) is 6.55. The van der Waals surface area contributed by atoms with Crippen LogP contribution in [0.5, 0.6) is 0 Å². The van der Waals surface area contributed by atoms with Crippen molar-refractivity contribution in [3.05, 3.63) is 47.5 Å². The summed E-state index contributed by atoms with van der Waals surface area (Å²) in [6, 6.07) is 6.09. The highest BCUT2D eigenvalue weighted by Gasteiger charge is 2.68. The number of ether oxygens (including phenoxy) is 1. The zero-order valence-electron chi connectivity index (χ0n) is 19.1. The molecule has 1 aromatic carbocycles. The Bertz CT molecular complexity index is 998. The van der Waals surface area contributed by atoms with E-state index < -0.39 is 18.1 Å². The van der Waals surface area contributed by atoms with Crippen LogP contribution in [0.25, 0.3) is 0 Å². The molecule has 8 atom stereocenters. The molecule has 0 radical (unpaired) electrons. The van der Waals surface area contributed by atoms with Crippen molar-refractivity contribution in [2.24, 2.45) is 35.5 Å². The molecule has 7 heteroatoms. The molecule has 1 aromatic rings. The zero-order chi connectivity index (χ0) is 23.4. The summed E-state index contributed by atoms with van der Waals surface area (Å²) in [5.41, 5.74) is 1.49. The van der Waals surface area contributed by atoms with E-state index in [1.807, 2.05) is 25.3 Å². The van der Waals surface area contributed by atoms with Gasteiger partial charge in [-0.05, 0) is 62.4 Å². The number of hydrogen-bond acceptors (Lipinski definition) is 6. The maximum atomic E-state index is 13.5. The highest BCUT2D eigenvalue weighted by molar-refractivity contribution is 7.98. The van der Waals surface area contributed by atoms with E-state index >= 15 is 0 Å². The fraction of sp³-hybridized carbons (Fsp3) is 0.538. The number of benzene rings is 1. The number of carbonyl (C=O) groups is 4. The SMILES string of the molecule is CSCC[C@H](C(=O)O[C@H](C)C(=O)c1ccc(C)cc1)N1C(=O)[C@@H]2[C@H]3C=C[C@@H]([C@@H]4C[C@H]34)[C@@H]2C1=O. The third kappa shape index (κ3) is 3.65. The number of carbonyl (C=O) groups excluding carboxylic acids is 4. The van der Waals surface area contributed by atoms with Crippen LogP contribution in [0.2, 0.25) is 0 Å². The summed E-state index contributed by atoms with van der Waals surface area (Å²) >= 11 is 1.54. The molecule has 33 heavy (non-hydrogen) atoms. The zero-order valence-corrected chi connectivity index (χ0v) is 19.9. The fourth-order valence-electron chi connectivity index (χ4n) is 6.13. The van der Waals surface area contributed by atoms with Crippen molar-refractivity contribution in [3.63, 3.8) is 0 Å². The molecule has 1 heterocycles. The number of thioether (sulfide) groups is 1. The molecular weight excluding hydrogens is 438 g/mol. The van der Waals surface area contributed by atoms with Crippen LogP contribution in [0.15, 0.2) is 36.4 Å². The predicted molar refractivity (Wildman–Crippen MR) is 124 cm³/mol. The Morgan fingerprint density at radius 3 is 2.18 bits per heavy atom. The highest BCUT2D eigenvalue weighted by atomic mass is 32.2. The van der Waals surface area contributed by atoms with Gasteiger partial charge in [0.2, 0.25) is 17.6 Å². The molecule has 0 N–H and O–H groups in total. The van der Waals surface area contributed by atoms with Gasteiger partial charge in [0.1, 0.15) is 6.04 Å². The van der Waals surface area contributed by atoms with Gasteiger partial charge in [0.15, 0.2) is 6.10 Å². The minimum absolute atomic E-state index is 0.103. The second kappa shape index (κ2) is 8.42. The Kier molecular flexibility index (Phi) is 5.71. The Balaban J connectivity index is 1.35. The van der Waals surface area contributed by atoms with Gasteiger partial charge in [-0.15, -0.1) is 0 Å². The van der Waals surface area contributed by atoms with Gasteiger partial charge in [-0.25, -0.2) is 4.79 Å². The van der Waals surface area contributed by atoms with Crippen molar-refractivity contribution >= 4 is 35.3 Å². The van der Waals surface area contributed by atoms with Gasteiger partial charge in [-0.3, -0.25) is 19.3 Å². The van der Waals surface area contributed by atoms with Crippen LogP contribution in [0.3, 0.4) is 0 Å². The quantitative estimate of drug-likeness (QED) is 0.253. The topological polar surface area (TPSA) is 80.8 Å². The monoisotopic (exact) mass is 467 g/mol. The number of ketones is 1. The standard InChI is InChI=1S/C26H29NO5S/c1-13-4-6-15(7-5-13)23(28)14(2)32-26(31)20(10-11-33-3)27-24(29)21-16-8-9-17(19-12-18(16)19)22(21)25(27)30/h4-9,14,16-22H,10-12H2,1-3H3/t14-,16+,17+,18-,19+,20-,21-,22+/m1/s1. The molecule has 0 unspecified atom stereocenters. The first-order valence-corrected chi connectivity index (χ1v) is 13.1. The summed E-state index contributed by atoms with van der Waals surface area (Å²) < 4.78 is 5.56. The molecule has 4 aliphatic carbocycles. The third-order valence-corrected chi connectivity index (χ3v) is 8.52. The average Bonchev–Trinajstić information content (AvgIpc) is 3.59. The van der Waals surface area contributed by atoms with Crippen LogP contribution >= 0.6 is 11.8 Å². The molecule has 0 aromatic heterocycles. The second-order valence-electron chi connectivity index (χ2n) is 9.81. The van der Waals surface area contributed by atoms with E-state index in [9.17, 15) is 19.2 Å². The Morgan fingerprint density at radius 2 is 1.64 bits per heavy atom. The van der Waals surface area contributed by atoms with Gasteiger partial charge in [0, 0.05) is 5.56 Å². The molecule has 5 aliphatic rings. The largest absolute Gasteiger partial charge is 0.453 e. The van der Waals surface area contributed by atoms with Crippen LogP contribution in [0.1, 0.15) is 35.7 Å². The summed E-state index contributed by atoms with van der Waals surface area (Å²) in [7, 11) is 0. The molecule has 2 bridgehead atoms. The predicted octanol–water partition coefficient (Wildman–Crippen LogP) is 3.28. The first-order chi connectivity index (χ1) is 15.8. The number of allylic oxidation sites excluding steroid dienone is 2. The van der Waals surface area contributed by atoms with Crippen LogP contribution < -0.4 is 0 Å². The summed E-state index contributed by atoms with van der Waals surface area (Å²) in [6.45, 7) is 3.47. The van der Waals surface area contributed by atoms with E-state index in [0.717, 1.165) is 12.0 Å². The summed E-state index contributed by atoms with van der Waals surface area (Å²) in [4.78, 5) is 54.2. The molecule has 3 fully saturated rings. The van der Waals surface area contributed by atoms with Gasteiger partial charge in [-0.1, -0.05) is 42.0 Å². The number of hydrogen-bond donors (Lipinski definition) is 0. The van der Waals surface area contributed by atoms with E-state index in [1.165, 1.54) is 11.8 Å². The first-order valence-electron chi connectivity index (χ1n) is 11.7. The Morgan fingerprint density at radius 1 is 1.06 bits per heavy atom. The van der Waals surface area contributed by atoms with Crippen molar-refractivity contribution in [2.75, 3.05) is 12.0 Å². The van der Waals surface area contributed by atoms with E-state index in [0.29, 0.717) is 29.6 Å². The van der Waals surface area contributed by atoms with Crippen molar-refractivity contribution < 1.29 is 23.9 Å². The molecule has 6 rings (SSSR count). The normalized spacial score (nSPS) is 32.9. The minimum Gasteiger partial charge on any atom is -0.453 e. The lowest BCUT2D eigenvalue weighted by molar-refractivity contribution is -0.160. The molecular formula is C26H29NO5S. The maximum Gasteiger partial charge on any atom is 0.330 e. The molecule has 2 amide bonds. The van der Waals surface area contributed by atoms with E-state index in [-0.39, 0.29) is 41.3 Å². The van der Waals surface area contributed by atoms with Crippen LogP contribution in [-0.4, -0.2) is 52.6 Å². The number of nitrogens with zero attached hydrogens (tertiary/aromatic N) is 1. The van der Waals surface area contributed by atoms with Crippen LogP contribution in [-0.2, 0) is 19.1 Å². The van der Waals surface area contributed by atoms with Gasteiger partial charge in [0.05, 0.1) is 11.8 Å². The fourth-order valence-corrected chi connectivity index (χ4v) is 6.59. The number of likely N-dealkylation sites (tertiary alicyclic amines) is 1. The maximum absolute atomic E-state index is 13.5. The summed E-state index contributed by atoms with van der Waals surface area (Å²) in [5.74, 6) is -0.363. The average molecular weight is 468 g/mol. The van der Waals surface area contributed by atoms with Crippen LogP contribution in [0.4, 0.5) is 0 Å². The number of Topliss-reactive ketones (excluding diaryl/α,β-unsaturated/α-hetero) is 1. The molecule has 2 saturated carbocycles. The molecule has 6 nitrogen and oxygen atoms in total. The third-order valence-electron chi connectivity index (χ3n) is 7.87. The Labute approximate surface area is 198 Å². The smallest absolute Gasteiger partial charge is 0.330 e. The number of rotatable bonds is 8. The lowest BCUT2D eigenvalue weighted by Crippen LogP contribution is -2.48. The molecule has 174 valence electrons. The lowest BCUT2D eigenvalue weighted by atomic mass is 9.63. The van der Waals surface area contributed by atoms with Crippen LogP contribution in [0, 0.1) is 42.4 Å². The lowest BCUT2D eigenvalue weighted by Gasteiger charge is -2.37. The van der Waals surface area contributed by atoms with Gasteiger partial charge < -0.3 is 4.74 Å². The molecule has 1 saturated heterocycles. The van der Waals surface area contributed by atoms with Crippen molar-refractivity contribution in [1.29, 1.82) is 0 Å². The van der Waals surface area contributed by atoms with Crippen molar-refractivity contribution in [1.82, 2.24) is 4.90 Å². The number of imide groups is 1. The van der Waals surface area contributed by atoms with Crippen molar-refractivity contribution in [2.45, 2.75) is 38.8 Å². The molecule has 1 aliphatic heterocycles. The summed E-state index contributed by atoms with van der Waals surface area (Å²) in [5, 5.41) is 0. The number of amides is 2. The van der Waals surface area contributed by atoms with E-state index in [2.05, 4.69) is 12.2 Å². The second-order valence-corrected chi connectivity index (χ2v) is 10.8.